The second-order valence-electron chi connectivity index (χ2n) is 8.42. The summed E-state index contributed by atoms with van der Waals surface area (Å²) in [6.07, 6.45) is 3.42. The number of hydrogen-bond acceptors (Lipinski definition) is 9. The second-order valence-corrected chi connectivity index (χ2v) is 9.43. The molecule has 38 heavy (non-hydrogen) atoms. The van der Waals surface area contributed by atoms with Crippen LogP contribution in [0.4, 0.5) is 0 Å². The third-order valence-corrected chi connectivity index (χ3v) is 7.05. The van der Waals surface area contributed by atoms with Crippen LogP contribution in [0.2, 0.25) is 0 Å². The monoisotopic (exact) mass is 534 g/mol. The van der Waals surface area contributed by atoms with Gasteiger partial charge in [-0.15, -0.1) is 0 Å². The number of rotatable bonds is 8. The highest BCUT2D eigenvalue weighted by Crippen LogP contribution is 2.38. The summed E-state index contributed by atoms with van der Waals surface area (Å²) in [6.45, 7) is 7.80. The third kappa shape index (κ3) is 4.58. The number of thiazole rings is 1. The maximum absolute atomic E-state index is 13.8. The first-order chi connectivity index (χ1) is 18.4. The van der Waals surface area contributed by atoms with E-state index in [1.165, 1.54) is 15.9 Å². The molecule has 0 radical (unpaired) electrons. The van der Waals surface area contributed by atoms with E-state index in [-0.39, 0.29) is 19.0 Å². The number of aromatic nitrogens is 1. The van der Waals surface area contributed by atoms with Crippen LogP contribution >= 0.6 is 11.3 Å². The lowest BCUT2D eigenvalue weighted by Gasteiger charge is -2.24. The number of esters is 1. The highest BCUT2D eigenvalue weighted by atomic mass is 32.1. The Morgan fingerprint density at radius 3 is 2.79 bits per heavy atom. The van der Waals surface area contributed by atoms with E-state index in [1.807, 2.05) is 12.1 Å². The van der Waals surface area contributed by atoms with Gasteiger partial charge in [0.25, 0.3) is 5.56 Å². The molecule has 10 heteroatoms. The van der Waals surface area contributed by atoms with Crippen molar-refractivity contribution < 1.29 is 28.5 Å². The van der Waals surface area contributed by atoms with Crippen LogP contribution in [-0.2, 0) is 9.53 Å². The number of methoxy groups -OCH3 is 1. The van der Waals surface area contributed by atoms with Crippen LogP contribution in [0, 0.1) is 0 Å². The first-order valence-corrected chi connectivity index (χ1v) is 12.8. The molecule has 0 saturated heterocycles. The predicted octanol–water partition coefficient (Wildman–Crippen LogP) is 3.10. The summed E-state index contributed by atoms with van der Waals surface area (Å²) in [7, 11) is 1.55. The van der Waals surface area contributed by atoms with E-state index in [1.54, 1.807) is 57.4 Å². The first-order valence-electron chi connectivity index (χ1n) is 12.0. The average molecular weight is 535 g/mol. The number of fused-ring (bicyclic) bond motifs is 2. The molecule has 3 aromatic rings. The van der Waals surface area contributed by atoms with Gasteiger partial charge in [-0.05, 0) is 55.3 Å². The first kappa shape index (κ1) is 25.3. The normalized spacial score (nSPS) is 16.1. The maximum Gasteiger partial charge on any atom is 0.338 e. The number of allylic oxidation sites excluding steroid dienone is 1. The van der Waals surface area contributed by atoms with Gasteiger partial charge in [0.05, 0.1) is 35.6 Å². The van der Waals surface area contributed by atoms with Gasteiger partial charge in [-0.25, -0.2) is 9.79 Å². The Kier molecular flexibility index (Phi) is 7.06. The largest absolute Gasteiger partial charge is 0.493 e. The van der Waals surface area contributed by atoms with Gasteiger partial charge in [0, 0.05) is 0 Å². The lowest BCUT2D eigenvalue weighted by molar-refractivity contribution is -0.139. The van der Waals surface area contributed by atoms with E-state index in [2.05, 4.69) is 11.6 Å². The second kappa shape index (κ2) is 10.6. The van der Waals surface area contributed by atoms with Crippen LogP contribution in [0.15, 0.2) is 70.1 Å². The zero-order valence-electron chi connectivity index (χ0n) is 21.2. The molecule has 196 valence electrons. The number of carbonyl (C=O) groups is 1. The van der Waals surface area contributed by atoms with E-state index < -0.39 is 12.0 Å². The highest BCUT2D eigenvalue weighted by Gasteiger charge is 2.34. The quantitative estimate of drug-likeness (QED) is 0.324. The molecule has 1 aromatic heterocycles. The van der Waals surface area contributed by atoms with Crippen molar-refractivity contribution in [1.82, 2.24) is 4.57 Å². The van der Waals surface area contributed by atoms with Crippen molar-refractivity contribution in [2.24, 2.45) is 4.99 Å². The zero-order valence-corrected chi connectivity index (χ0v) is 22.0. The Balaban J connectivity index is 1.65. The number of ether oxygens (including phenoxy) is 5. The molecule has 0 aliphatic carbocycles. The van der Waals surface area contributed by atoms with Crippen molar-refractivity contribution in [2.45, 2.75) is 19.9 Å². The fourth-order valence-corrected chi connectivity index (χ4v) is 5.43. The topological polar surface area (TPSA) is 97.6 Å². The summed E-state index contributed by atoms with van der Waals surface area (Å²) >= 11 is 1.24. The van der Waals surface area contributed by atoms with Crippen LogP contribution in [0.25, 0.3) is 6.08 Å². The summed E-state index contributed by atoms with van der Waals surface area (Å²) in [5.41, 5.74) is 1.94. The number of benzene rings is 2. The molecule has 0 spiro atoms. The molecule has 5 rings (SSSR count). The Morgan fingerprint density at radius 2 is 2.03 bits per heavy atom. The van der Waals surface area contributed by atoms with E-state index in [9.17, 15) is 9.59 Å². The Labute approximate surface area is 222 Å². The molecular weight excluding hydrogens is 508 g/mol. The molecule has 0 unspecified atom stereocenters. The van der Waals surface area contributed by atoms with Gasteiger partial charge in [-0.2, -0.15) is 0 Å². The van der Waals surface area contributed by atoms with Crippen LogP contribution in [0.3, 0.4) is 0 Å². The SMILES string of the molecule is C=CCOc1ccc(/C=c2\sc3n(c2=O)[C@@H](c2ccc4c(c2)OCO4)C(C(=O)OCC)=C(C)N=3)cc1OC. The van der Waals surface area contributed by atoms with E-state index in [0.29, 0.717) is 55.8 Å². The van der Waals surface area contributed by atoms with Crippen molar-refractivity contribution in [3.05, 3.63) is 91.1 Å². The average Bonchev–Trinajstić information content (AvgIpc) is 3.50. The minimum atomic E-state index is -0.744. The molecule has 0 N–H and O–H groups in total. The minimum absolute atomic E-state index is 0.113. The lowest BCUT2D eigenvalue weighted by atomic mass is 9.95. The van der Waals surface area contributed by atoms with Gasteiger partial charge in [0.15, 0.2) is 27.8 Å². The molecule has 1 atom stereocenters. The predicted molar refractivity (Wildman–Crippen MR) is 142 cm³/mol. The van der Waals surface area contributed by atoms with Crippen LogP contribution in [0.5, 0.6) is 23.0 Å². The number of hydrogen-bond donors (Lipinski definition) is 0. The van der Waals surface area contributed by atoms with Crippen molar-refractivity contribution in [3.8, 4) is 23.0 Å². The third-order valence-electron chi connectivity index (χ3n) is 6.07. The fraction of sp³-hybridized carbons (Fsp3) is 0.250. The molecule has 2 aliphatic rings. The number of nitrogens with zero attached hydrogens (tertiary/aromatic N) is 2. The summed E-state index contributed by atoms with van der Waals surface area (Å²) in [5.74, 6) is 1.74. The minimum Gasteiger partial charge on any atom is -0.493 e. The molecule has 0 saturated carbocycles. The molecule has 2 aliphatic heterocycles. The molecule has 0 amide bonds. The lowest BCUT2D eigenvalue weighted by Crippen LogP contribution is -2.39. The fourth-order valence-electron chi connectivity index (χ4n) is 4.38. The number of carbonyl (C=O) groups excluding carboxylic acids is 1. The van der Waals surface area contributed by atoms with Gasteiger partial charge < -0.3 is 23.7 Å². The summed E-state index contributed by atoms with van der Waals surface area (Å²) in [4.78, 5) is 32.0. The molecule has 2 aromatic carbocycles. The van der Waals surface area contributed by atoms with E-state index >= 15 is 0 Å². The Morgan fingerprint density at radius 1 is 1.21 bits per heavy atom. The van der Waals surface area contributed by atoms with Crippen LogP contribution in [-0.4, -0.2) is 37.7 Å². The Hall–Kier alpha value is -4.31. The summed E-state index contributed by atoms with van der Waals surface area (Å²) in [5, 5.41) is 0. The molecule has 0 fully saturated rings. The van der Waals surface area contributed by atoms with Crippen LogP contribution in [0.1, 0.15) is 31.0 Å². The van der Waals surface area contributed by atoms with Gasteiger partial charge in [0.1, 0.15) is 6.61 Å². The van der Waals surface area contributed by atoms with Crippen molar-refractivity contribution in [1.29, 1.82) is 0 Å². The van der Waals surface area contributed by atoms with Gasteiger partial charge in [-0.1, -0.05) is 36.1 Å². The van der Waals surface area contributed by atoms with E-state index in [4.69, 9.17) is 23.7 Å². The van der Waals surface area contributed by atoms with Crippen molar-refractivity contribution >= 4 is 23.4 Å². The summed E-state index contributed by atoms with van der Waals surface area (Å²) in [6, 6.07) is 10.0. The van der Waals surface area contributed by atoms with Crippen LogP contribution < -0.4 is 33.8 Å². The Bertz CT molecular complexity index is 1630. The standard InChI is InChI=1S/C28H26N2O7S/c1-5-11-35-19-9-7-17(12-21(19)33-4)13-23-26(31)30-25(18-8-10-20-22(14-18)37-15-36-20)24(27(32)34-6-2)16(3)29-28(30)38-23/h5,7-10,12-14,25H,1,6,11,15H2,2-4H3/b23-13-/t25-/m0/s1. The van der Waals surface area contributed by atoms with Gasteiger partial charge >= 0.3 is 5.97 Å². The van der Waals surface area contributed by atoms with Gasteiger partial charge in [-0.3, -0.25) is 9.36 Å². The van der Waals surface area contributed by atoms with Crippen molar-refractivity contribution in [3.63, 3.8) is 0 Å². The van der Waals surface area contributed by atoms with Gasteiger partial charge in [0.2, 0.25) is 6.79 Å². The maximum atomic E-state index is 13.8. The molecule has 9 nitrogen and oxygen atoms in total. The molecule has 3 heterocycles. The van der Waals surface area contributed by atoms with E-state index in [0.717, 1.165) is 5.56 Å². The summed E-state index contributed by atoms with van der Waals surface area (Å²) < 4.78 is 29.4. The highest BCUT2D eigenvalue weighted by molar-refractivity contribution is 7.07. The molecule has 0 bridgehead atoms. The zero-order chi connectivity index (χ0) is 26.8. The molecular formula is C28H26N2O7S. The smallest absolute Gasteiger partial charge is 0.338 e. The van der Waals surface area contributed by atoms with Crippen molar-refractivity contribution in [2.75, 3.05) is 27.1 Å².